The summed E-state index contributed by atoms with van der Waals surface area (Å²) in [6.45, 7) is 1.50. The molecule has 0 N–H and O–H groups in total. The molecule has 7 nitrogen and oxygen atoms in total. The van der Waals surface area contributed by atoms with Gasteiger partial charge in [-0.2, -0.15) is 0 Å². The molecule has 2 aromatic carbocycles. The first-order valence-corrected chi connectivity index (χ1v) is 6.14. The smallest absolute Gasteiger partial charge is 0.329 e. The molecule has 0 unspecified atom stereocenters. The molecule has 0 radical (unpaired) electrons. The molecule has 0 fully saturated rings. The van der Waals surface area contributed by atoms with E-state index in [1.807, 2.05) is 0 Å². The molecule has 0 saturated heterocycles. The molecular weight excluding hydrogens is 300 g/mol. The molecule has 0 aromatic heterocycles. The summed E-state index contributed by atoms with van der Waals surface area (Å²) < 4.78 is 5.44. The van der Waals surface area contributed by atoms with Gasteiger partial charge in [-0.15, -0.1) is 0 Å². The van der Waals surface area contributed by atoms with E-state index in [1.165, 1.54) is 43.3 Å². The fourth-order valence-corrected chi connectivity index (χ4v) is 2.02. The van der Waals surface area contributed by atoms with Crippen molar-refractivity contribution in [3.8, 4) is 11.5 Å². The van der Waals surface area contributed by atoms with E-state index in [2.05, 4.69) is 0 Å². The van der Waals surface area contributed by atoms with Gasteiger partial charge in [0.1, 0.15) is 10.8 Å². The molecular formula is C13H9ClN2O5. The van der Waals surface area contributed by atoms with E-state index in [1.54, 1.807) is 0 Å². The van der Waals surface area contributed by atoms with Crippen molar-refractivity contribution >= 4 is 23.0 Å². The fraction of sp³-hybridized carbons (Fsp3) is 0.0769. The number of ether oxygens (including phenoxy) is 1. The maximum Gasteiger partial charge on any atom is 0.329 e. The summed E-state index contributed by atoms with van der Waals surface area (Å²) >= 11 is 5.78. The van der Waals surface area contributed by atoms with Crippen molar-refractivity contribution in [2.75, 3.05) is 0 Å². The SMILES string of the molecule is Cc1c(Oc2cccc(Cl)c2[N+](=O)[O-])cccc1[N+](=O)[O-]. The van der Waals surface area contributed by atoms with Crippen LogP contribution in [0.25, 0.3) is 0 Å². The summed E-state index contributed by atoms with van der Waals surface area (Å²) in [4.78, 5) is 20.7. The number of hydrogen-bond acceptors (Lipinski definition) is 5. The minimum absolute atomic E-state index is 0.0689. The van der Waals surface area contributed by atoms with E-state index in [0.717, 1.165) is 0 Å². The Balaban J connectivity index is 2.49. The molecule has 0 heterocycles. The van der Waals surface area contributed by atoms with Gasteiger partial charge in [0.15, 0.2) is 0 Å². The number of nitro groups is 2. The van der Waals surface area contributed by atoms with Crippen LogP contribution in [0.3, 0.4) is 0 Å². The Morgan fingerprint density at radius 2 is 1.62 bits per heavy atom. The minimum atomic E-state index is -0.662. The third kappa shape index (κ3) is 2.92. The lowest BCUT2D eigenvalue weighted by Crippen LogP contribution is -1.97. The van der Waals surface area contributed by atoms with Crippen LogP contribution in [-0.2, 0) is 0 Å². The highest BCUT2D eigenvalue weighted by molar-refractivity contribution is 6.32. The first-order valence-electron chi connectivity index (χ1n) is 5.76. The lowest BCUT2D eigenvalue weighted by Gasteiger charge is -2.09. The molecule has 0 amide bonds. The number of hydrogen-bond donors (Lipinski definition) is 0. The van der Waals surface area contributed by atoms with Crippen molar-refractivity contribution in [1.82, 2.24) is 0 Å². The molecule has 0 atom stereocenters. The number of halogens is 1. The van der Waals surface area contributed by atoms with Gasteiger partial charge in [0.25, 0.3) is 5.69 Å². The van der Waals surface area contributed by atoms with Crippen LogP contribution in [0.2, 0.25) is 5.02 Å². The van der Waals surface area contributed by atoms with Gasteiger partial charge in [-0.05, 0) is 25.1 Å². The third-order valence-electron chi connectivity index (χ3n) is 2.80. The summed E-state index contributed by atoms with van der Waals surface area (Å²) in [6, 6.07) is 8.50. The predicted molar refractivity (Wildman–Crippen MR) is 76.0 cm³/mol. The van der Waals surface area contributed by atoms with Gasteiger partial charge in [0.2, 0.25) is 5.75 Å². The maximum atomic E-state index is 11.0. The quantitative estimate of drug-likeness (QED) is 0.621. The van der Waals surface area contributed by atoms with Gasteiger partial charge in [-0.25, -0.2) is 0 Å². The zero-order valence-electron chi connectivity index (χ0n) is 10.8. The molecule has 0 aliphatic heterocycles. The zero-order valence-corrected chi connectivity index (χ0v) is 11.5. The maximum absolute atomic E-state index is 11.0. The van der Waals surface area contributed by atoms with Gasteiger partial charge in [-0.1, -0.05) is 23.7 Å². The number of benzene rings is 2. The third-order valence-corrected chi connectivity index (χ3v) is 3.11. The molecule has 108 valence electrons. The Hall–Kier alpha value is -2.67. The molecule has 21 heavy (non-hydrogen) atoms. The van der Waals surface area contributed by atoms with E-state index in [0.29, 0.717) is 0 Å². The van der Waals surface area contributed by atoms with Crippen LogP contribution in [0.5, 0.6) is 11.5 Å². The standard InChI is InChI=1S/C13H9ClN2O5/c1-8-10(15(17)18)5-3-6-11(8)21-12-7-2-4-9(14)13(12)16(19)20/h2-7H,1H3. The second kappa shape index (κ2) is 5.76. The predicted octanol–water partition coefficient (Wildman–Crippen LogP) is 4.26. The Morgan fingerprint density at radius 1 is 1.00 bits per heavy atom. The Kier molecular flexibility index (Phi) is 4.04. The van der Waals surface area contributed by atoms with Crippen molar-refractivity contribution in [2.24, 2.45) is 0 Å². The second-order valence-electron chi connectivity index (χ2n) is 4.10. The number of nitro benzene ring substituents is 2. The number of nitrogens with zero attached hydrogens (tertiary/aromatic N) is 2. The molecule has 0 aliphatic carbocycles. The van der Waals surface area contributed by atoms with Gasteiger partial charge in [-0.3, -0.25) is 20.2 Å². The van der Waals surface area contributed by atoms with Crippen molar-refractivity contribution in [2.45, 2.75) is 6.92 Å². The summed E-state index contributed by atoms with van der Waals surface area (Å²) in [5.41, 5.74) is -0.237. The van der Waals surface area contributed by atoms with Crippen molar-refractivity contribution in [1.29, 1.82) is 0 Å². The molecule has 0 bridgehead atoms. The molecule has 0 spiro atoms. The zero-order chi connectivity index (χ0) is 15.6. The number of para-hydroxylation sites is 1. The van der Waals surface area contributed by atoms with Gasteiger partial charge in [0.05, 0.1) is 15.4 Å². The Labute approximate surface area is 124 Å². The van der Waals surface area contributed by atoms with E-state index >= 15 is 0 Å². The van der Waals surface area contributed by atoms with E-state index < -0.39 is 9.85 Å². The lowest BCUT2D eigenvalue weighted by atomic mass is 10.2. The van der Waals surface area contributed by atoms with Crippen LogP contribution in [0.15, 0.2) is 36.4 Å². The summed E-state index contributed by atoms with van der Waals surface area (Å²) in [7, 11) is 0. The largest absolute Gasteiger partial charge is 0.450 e. The highest BCUT2D eigenvalue weighted by atomic mass is 35.5. The van der Waals surface area contributed by atoms with E-state index in [9.17, 15) is 20.2 Å². The first-order chi connectivity index (χ1) is 9.91. The lowest BCUT2D eigenvalue weighted by molar-refractivity contribution is -0.386. The average molecular weight is 309 g/mol. The summed E-state index contributed by atoms with van der Waals surface area (Å²) in [5.74, 6) is 0.0886. The van der Waals surface area contributed by atoms with Gasteiger partial charge < -0.3 is 4.74 Å². The second-order valence-corrected chi connectivity index (χ2v) is 4.51. The normalized spacial score (nSPS) is 10.2. The van der Waals surface area contributed by atoms with Crippen LogP contribution in [0.1, 0.15) is 5.56 Å². The fourth-order valence-electron chi connectivity index (χ4n) is 1.78. The van der Waals surface area contributed by atoms with E-state index in [-0.39, 0.29) is 33.5 Å². The van der Waals surface area contributed by atoms with E-state index in [4.69, 9.17) is 16.3 Å². The molecule has 0 aliphatic rings. The van der Waals surface area contributed by atoms with Crippen LogP contribution >= 0.6 is 11.6 Å². The highest BCUT2D eigenvalue weighted by Crippen LogP contribution is 2.39. The monoisotopic (exact) mass is 308 g/mol. The molecule has 2 aromatic rings. The Morgan fingerprint density at radius 3 is 2.24 bits per heavy atom. The average Bonchev–Trinajstić information content (AvgIpc) is 2.40. The molecule has 2 rings (SSSR count). The number of rotatable bonds is 4. The molecule has 0 saturated carbocycles. The topological polar surface area (TPSA) is 95.5 Å². The van der Waals surface area contributed by atoms with Gasteiger partial charge in [0, 0.05) is 6.07 Å². The van der Waals surface area contributed by atoms with Crippen LogP contribution in [-0.4, -0.2) is 9.85 Å². The van der Waals surface area contributed by atoms with Crippen molar-refractivity contribution in [3.05, 3.63) is 67.2 Å². The minimum Gasteiger partial charge on any atom is -0.450 e. The highest BCUT2D eigenvalue weighted by Gasteiger charge is 2.22. The summed E-state index contributed by atoms with van der Waals surface area (Å²) in [6.07, 6.45) is 0. The molecule has 8 heteroatoms. The van der Waals surface area contributed by atoms with Crippen molar-refractivity contribution in [3.63, 3.8) is 0 Å². The van der Waals surface area contributed by atoms with Gasteiger partial charge >= 0.3 is 5.69 Å². The van der Waals surface area contributed by atoms with Crippen LogP contribution in [0.4, 0.5) is 11.4 Å². The van der Waals surface area contributed by atoms with Crippen molar-refractivity contribution < 1.29 is 14.6 Å². The van der Waals surface area contributed by atoms with Crippen LogP contribution < -0.4 is 4.74 Å². The summed E-state index contributed by atoms with van der Waals surface area (Å²) in [5, 5.41) is 21.8. The first kappa shape index (κ1) is 14.7. The van der Waals surface area contributed by atoms with Crippen LogP contribution in [0, 0.1) is 27.2 Å². The Bertz CT molecular complexity index is 732.